The van der Waals surface area contributed by atoms with Gasteiger partial charge < -0.3 is 10.1 Å². The predicted molar refractivity (Wildman–Crippen MR) is 76.8 cm³/mol. The van der Waals surface area contributed by atoms with Crippen LogP contribution in [0.15, 0.2) is 24.3 Å². The number of thiocarbonyl (C=S) groups is 1. The zero-order chi connectivity index (χ0) is 12.5. The Morgan fingerprint density at radius 2 is 1.89 bits per heavy atom. The molecule has 0 radical (unpaired) electrons. The largest absolute Gasteiger partial charge is 0.351 e. The van der Waals surface area contributed by atoms with E-state index in [1.165, 1.54) is 12.8 Å². The summed E-state index contributed by atoms with van der Waals surface area (Å²) in [5.41, 5.74) is 1.09. The van der Waals surface area contributed by atoms with Gasteiger partial charge in [-0.05, 0) is 25.0 Å². The first-order chi connectivity index (χ1) is 8.74. The quantitative estimate of drug-likeness (QED) is 0.790. The van der Waals surface area contributed by atoms with Crippen molar-refractivity contribution < 1.29 is 4.74 Å². The van der Waals surface area contributed by atoms with E-state index < -0.39 is 0 Å². The second-order valence-corrected chi connectivity index (χ2v) is 5.88. The molecule has 3 rings (SSSR count). The highest BCUT2D eigenvalue weighted by molar-refractivity contribution is 7.80. The maximum Gasteiger partial charge on any atom is 0.154 e. The molecule has 1 saturated carbocycles. The van der Waals surface area contributed by atoms with E-state index in [0.717, 1.165) is 28.4 Å². The van der Waals surface area contributed by atoms with Crippen LogP contribution in [0.3, 0.4) is 0 Å². The van der Waals surface area contributed by atoms with E-state index in [1.807, 2.05) is 24.3 Å². The summed E-state index contributed by atoms with van der Waals surface area (Å²) < 4.78 is 6.14. The van der Waals surface area contributed by atoms with Crippen molar-refractivity contribution in [2.75, 3.05) is 0 Å². The summed E-state index contributed by atoms with van der Waals surface area (Å²) in [6.07, 6.45) is 4.96. The lowest BCUT2D eigenvalue weighted by Crippen LogP contribution is -2.48. The van der Waals surface area contributed by atoms with E-state index in [4.69, 9.17) is 28.6 Å². The van der Waals surface area contributed by atoms with Gasteiger partial charge in [0, 0.05) is 16.5 Å². The Morgan fingerprint density at radius 1 is 1.17 bits per heavy atom. The van der Waals surface area contributed by atoms with Gasteiger partial charge in [-0.25, -0.2) is 0 Å². The Labute approximate surface area is 118 Å². The van der Waals surface area contributed by atoms with Crippen LogP contribution in [0.1, 0.15) is 37.5 Å². The van der Waals surface area contributed by atoms with E-state index in [9.17, 15) is 0 Å². The van der Waals surface area contributed by atoms with Crippen molar-refractivity contribution in [3.63, 3.8) is 0 Å². The Balaban J connectivity index is 1.78. The van der Waals surface area contributed by atoms with E-state index in [0.29, 0.717) is 5.92 Å². The molecule has 0 amide bonds. The summed E-state index contributed by atoms with van der Waals surface area (Å²) >= 11 is 11.4. The maximum atomic E-state index is 6.14. The monoisotopic (exact) mass is 281 g/mol. The van der Waals surface area contributed by atoms with Crippen LogP contribution in [0.2, 0.25) is 5.02 Å². The number of fused-ring (bicyclic) bond motifs is 1. The highest BCUT2D eigenvalue weighted by atomic mass is 35.5. The standard InChI is InChI=1S/C14H16ClNOS/c15-10-7-5-9(6-8-10)13-16-14(18)11-3-1-2-4-12(11)17-13/h5-8,11-13H,1-4H2,(H,16,18). The van der Waals surface area contributed by atoms with E-state index in [1.54, 1.807) is 0 Å². The van der Waals surface area contributed by atoms with Crippen LogP contribution in [0.5, 0.6) is 0 Å². The topological polar surface area (TPSA) is 21.3 Å². The Hall–Kier alpha value is -0.640. The number of hydrogen-bond donors (Lipinski definition) is 1. The Kier molecular flexibility index (Phi) is 3.55. The SMILES string of the molecule is S=C1NC(c2ccc(Cl)cc2)OC2CCCCC12. The molecule has 3 unspecified atom stereocenters. The minimum Gasteiger partial charge on any atom is -0.351 e. The van der Waals surface area contributed by atoms with Crippen LogP contribution in [0.4, 0.5) is 0 Å². The fraction of sp³-hybridized carbons (Fsp3) is 0.500. The number of ether oxygens (including phenoxy) is 1. The summed E-state index contributed by atoms with van der Waals surface area (Å²) in [5, 5.41) is 4.06. The second-order valence-electron chi connectivity index (χ2n) is 5.01. The van der Waals surface area contributed by atoms with Crippen molar-refractivity contribution in [1.29, 1.82) is 0 Å². The molecule has 1 aromatic rings. The minimum absolute atomic E-state index is 0.117. The normalized spacial score (nSPS) is 31.6. The number of rotatable bonds is 1. The van der Waals surface area contributed by atoms with Crippen LogP contribution >= 0.6 is 23.8 Å². The first kappa shape index (κ1) is 12.4. The molecule has 2 nitrogen and oxygen atoms in total. The smallest absolute Gasteiger partial charge is 0.154 e. The second kappa shape index (κ2) is 5.16. The number of halogens is 1. The van der Waals surface area contributed by atoms with Gasteiger partial charge in [0.05, 0.1) is 11.1 Å². The van der Waals surface area contributed by atoms with Gasteiger partial charge >= 0.3 is 0 Å². The number of benzene rings is 1. The molecule has 1 saturated heterocycles. The van der Waals surface area contributed by atoms with Crippen LogP contribution in [-0.4, -0.2) is 11.1 Å². The van der Waals surface area contributed by atoms with Gasteiger partial charge in [-0.3, -0.25) is 0 Å². The van der Waals surface area contributed by atoms with Gasteiger partial charge in [0.2, 0.25) is 0 Å². The molecular weight excluding hydrogens is 266 g/mol. The molecule has 18 heavy (non-hydrogen) atoms. The van der Waals surface area contributed by atoms with Crippen LogP contribution < -0.4 is 5.32 Å². The zero-order valence-electron chi connectivity index (χ0n) is 10.1. The molecule has 1 N–H and O–H groups in total. The van der Waals surface area contributed by atoms with Gasteiger partial charge in [0.15, 0.2) is 6.23 Å². The average molecular weight is 282 g/mol. The third-order valence-corrected chi connectivity index (χ3v) is 4.47. The van der Waals surface area contributed by atoms with Crippen molar-refractivity contribution in [2.24, 2.45) is 5.92 Å². The van der Waals surface area contributed by atoms with Gasteiger partial charge in [0.1, 0.15) is 0 Å². The molecule has 3 atom stereocenters. The Bertz CT molecular complexity index is 448. The van der Waals surface area contributed by atoms with Crippen molar-refractivity contribution in [3.8, 4) is 0 Å². The molecule has 96 valence electrons. The minimum atomic E-state index is -0.117. The number of nitrogens with one attached hydrogen (secondary N) is 1. The highest BCUT2D eigenvalue weighted by Crippen LogP contribution is 2.35. The zero-order valence-corrected chi connectivity index (χ0v) is 11.6. The molecule has 0 spiro atoms. The van der Waals surface area contributed by atoms with Crippen LogP contribution in [0, 0.1) is 5.92 Å². The molecule has 0 aromatic heterocycles. The van der Waals surface area contributed by atoms with Crippen molar-refractivity contribution >= 4 is 28.8 Å². The predicted octanol–water partition coefficient (Wildman–Crippen LogP) is 3.84. The fourth-order valence-corrected chi connectivity index (χ4v) is 3.31. The van der Waals surface area contributed by atoms with Crippen LogP contribution in [-0.2, 0) is 4.74 Å². The Morgan fingerprint density at radius 3 is 2.67 bits per heavy atom. The summed E-state index contributed by atoms with van der Waals surface area (Å²) in [4.78, 5) is 0.964. The molecule has 1 aromatic carbocycles. The molecule has 4 heteroatoms. The summed E-state index contributed by atoms with van der Waals surface area (Å²) in [6, 6.07) is 7.76. The average Bonchev–Trinajstić information content (AvgIpc) is 2.39. The summed E-state index contributed by atoms with van der Waals surface area (Å²) in [5.74, 6) is 0.414. The van der Waals surface area contributed by atoms with Crippen molar-refractivity contribution in [1.82, 2.24) is 5.32 Å². The molecule has 0 bridgehead atoms. The van der Waals surface area contributed by atoms with Gasteiger partial charge in [-0.15, -0.1) is 0 Å². The van der Waals surface area contributed by atoms with Gasteiger partial charge in [0.25, 0.3) is 0 Å². The molecule has 2 fully saturated rings. The van der Waals surface area contributed by atoms with E-state index in [2.05, 4.69) is 5.32 Å². The first-order valence-electron chi connectivity index (χ1n) is 6.45. The molecule has 1 aliphatic carbocycles. The molecular formula is C14H16ClNOS. The molecule has 2 aliphatic rings. The highest BCUT2D eigenvalue weighted by Gasteiger charge is 2.36. The number of hydrogen-bond acceptors (Lipinski definition) is 2. The third kappa shape index (κ3) is 2.40. The summed E-state index contributed by atoms with van der Waals surface area (Å²) in [6.45, 7) is 0. The van der Waals surface area contributed by atoms with Crippen LogP contribution in [0.25, 0.3) is 0 Å². The lowest BCUT2D eigenvalue weighted by molar-refractivity contribution is -0.0706. The maximum absolute atomic E-state index is 6.14. The fourth-order valence-electron chi connectivity index (χ4n) is 2.80. The summed E-state index contributed by atoms with van der Waals surface area (Å²) in [7, 11) is 0. The molecule has 1 heterocycles. The third-order valence-electron chi connectivity index (χ3n) is 3.80. The van der Waals surface area contributed by atoms with E-state index in [-0.39, 0.29) is 12.3 Å². The van der Waals surface area contributed by atoms with Gasteiger partial charge in [-0.1, -0.05) is 48.8 Å². The molecule has 1 aliphatic heterocycles. The van der Waals surface area contributed by atoms with Gasteiger partial charge in [-0.2, -0.15) is 0 Å². The lowest BCUT2D eigenvalue weighted by atomic mass is 9.85. The van der Waals surface area contributed by atoms with Crippen molar-refractivity contribution in [3.05, 3.63) is 34.9 Å². The van der Waals surface area contributed by atoms with E-state index >= 15 is 0 Å². The lowest BCUT2D eigenvalue weighted by Gasteiger charge is -2.41. The van der Waals surface area contributed by atoms with Crippen molar-refractivity contribution in [2.45, 2.75) is 38.0 Å². The first-order valence-corrected chi connectivity index (χ1v) is 7.24.